The fraction of sp³-hybridized carbons (Fsp3) is 0.704. The van der Waals surface area contributed by atoms with Gasteiger partial charge in [-0.05, 0) is 164 Å². The van der Waals surface area contributed by atoms with Crippen molar-refractivity contribution >= 4 is 107 Å². The van der Waals surface area contributed by atoms with Crippen LogP contribution in [0.3, 0.4) is 0 Å². The van der Waals surface area contributed by atoms with Crippen molar-refractivity contribution < 1.29 is 101 Å². The highest BCUT2D eigenvalue weighted by molar-refractivity contribution is 6.39. The van der Waals surface area contributed by atoms with Crippen molar-refractivity contribution in [3.63, 3.8) is 0 Å². The molecule has 13 rings (SSSR count). The van der Waals surface area contributed by atoms with Gasteiger partial charge in [0.25, 0.3) is 17.7 Å². The Bertz CT molecular complexity index is 5200. The minimum atomic E-state index is -1.11. The number of amides is 15. The van der Waals surface area contributed by atoms with E-state index in [1.165, 1.54) is 20.8 Å². The van der Waals surface area contributed by atoms with Gasteiger partial charge >= 0.3 is 36.0 Å². The fourth-order valence-electron chi connectivity index (χ4n) is 22.1. The number of likely N-dealkylation sites (tertiary alicyclic amines) is 3. The Labute approximate surface area is 847 Å². The lowest BCUT2D eigenvalue weighted by atomic mass is 9.85. The molecule has 6 saturated carbocycles. The Kier molecular flexibility index (Phi) is 34.3. The maximum Gasteiger partial charge on any atom is 0.329 e. The van der Waals surface area contributed by atoms with E-state index >= 15 is 0 Å². The summed E-state index contributed by atoms with van der Waals surface area (Å²) in [6, 6.07) is 1.93. The van der Waals surface area contributed by atoms with Crippen molar-refractivity contribution in [1.29, 1.82) is 0 Å². The monoisotopic (exact) mass is 2000 g/mol. The van der Waals surface area contributed by atoms with E-state index in [1.807, 2.05) is 222 Å². The van der Waals surface area contributed by atoms with Crippen LogP contribution in [-0.4, -0.2) is 238 Å². The summed E-state index contributed by atoms with van der Waals surface area (Å²) < 4.78 is 17.4. The van der Waals surface area contributed by atoms with Crippen LogP contribution in [0.1, 0.15) is 260 Å². The Hall–Kier alpha value is -11.4. The predicted octanol–water partition coefficient (Wildman–Crippen LogP) is 8.00. The normalized spacial score (nSPS) is 24.3. The fourth-order valence-corrected chi connectivity index (χ4v) is 22.1. The number of benzene rings is 2. The number of hydrogen-bond acceptors (Lipinski definition) is 21. The number of ketones is 3. The molecule has 14 N–H and O–H groups in total. The van der Waals surface area contributed by atoms with E-state index in [1.54, 1.807) is 0 Å². The first-order valence-corrected chi connectivity index (χ1v) is 51.6. The van der Waals surface area contributed by atoms with Crippen molar-refractivity contribution in [2.45, 2.75) is 354 Å². The summed E-state index contributed by atoms with van der Waals surface area (Å²) in [5.41, 5.74) is 10.9. The number of nitrogens with one attached hydrogen (secondary N) is 10. The number of esters is 3. The Balaban J connectivity index is 0.000000206. The third-order valence-corrected chi connectivity index (χ3v) is 31.7. The minimum absolute atomic E-state index is 0.0529. The van der Waals surface area contributed by atoms with Gasteiger partial charge in [0.15, 0.2) is 0 Å². The number of piperidine rings is 3. The Morgan fingerprint density at radius 1 is 0.417 bits per heavy atom. The van der Waals surface area contributed by atoms with Gasteiger partial charge in [0.1, 0.15) is 72.7 Å². The zero-order valence-electron chi connectivity index (χ0n) is 89.1. The summed E-state index contributed by atoms with van der Waals surface area (Å²) >= 11 is 0. The molecule has 4 unspecified atom stereocenters. The maximum absolute atomic E-state index is 14.4. The van der Waals surface area contributed by atoms with Crippen molar-refractivity contribution in [1.82, 2.24) is 67.9 Å². The van der Waals surface area contributed by atoms with Gasteiger partial charge < -0.3 is 93.5 Å². The molecule has 2 aromatic rings. The number of urea groups is 3. The largest absolute Gasteiger partial charge is 0.461 e. The summed E-state index contributed by atoms with van der Waals surface area (Å²) in [5, 5.41) is 27.5. The average Bonchev–Trinajstić information content (AvgIpc) is 1.53. The highest BCUT2D eigenvalue weighted by atomic mass is 16.6. The topological polar surface area (TPSA) is 517 Å². The number of rotatable bonds is 37. The summed E-state index contributed by atoms with van der Waals surface area (Å²) in [6.07, 6.45) is 10.1. The van der Waals surface area contributed by atoms with Crippen LogP contribution in [0.15, 0.2) is 61.2 Å². The molecular weight excluding hydrogens is 1840 g/mol. The molecule has 0 spiro atoms. The minimum Gasteiger partial charge on any atom is -0.461 e. The number of nitrogens with zero attached hydrogens (tertiary/aromatic N) is 3. The van der Waals surface area contributed by atoms with E-state index in [-0.39, 0.29) is 101 Å². The quantitative estimate of drug-likeness (QED) is 0.0132. The molecule has 3 aliphatic heterocycles. The zero-order chi connectivity index (χ0) is 107. The Morgan fingerprint density at radius 3 is 1.01 bits per heavy atom. The van der Waals surface area contributed by atoms with Crippen LogP contribution in [0.4, 0.5) is 14.4 Å². The van der Waals surface area contributed by atoms with Gasteiger partial charge in [0.05, 0.1) is 18.1 Å². The van der Waals surface area contributed by atoms with Crippen LogP contribution in [0.2, 0.25) is 0 Å². The smallest absolute Gasteiger partial charge is 0.329 e. The molecule has 3 heterocycles. The molecule has 794 valence electrons. The van der Waals surface area contributed by atoms with Gasteiger partial charge in [0, 0.05) is 51.9 Å². The predicted molar refractivity (Wildman–Crippen MR) is 536 cm³/mol. The lowest BCUT2D eigenvalue weighted by Crippen LogP contribution is -2.62. The van der Waals surface area contributed by atoms with Gasteiger partial charge in [0.2, 0.25) is 52.8 Å². The molecule has 15 amide bonds. The molecule has 36 nitrogen and oxygen atoms in total. The molecule has 19 atom stereocenters. The molecule has 9 fully saturated rings. The SMILES string of the molecule is C=CCNC(=O)C(=O)C(CCC)NC(=O)[C@@H]1[C@@H]2[C@H](CN1C(=O)[C@@H](NC(=O)N[C@H](C(=O)OC(C)C1CC1)C(C)(C)C)C(C)(C)C)C2(C)C.CC(C)(C)[C@@H](NC(=O)N[C@@H](C(=O)N1C[C@H]2[C@@H]([C@H]1C(=O)NC(CC1CC1)C(=O)C(N)=O)C2(C)C)C(C)(C)C)C(=O)OC1Cc2ccccc2C1.CC(C)[C@H](NC(=O)N[C@H](C(=O)N1C[C@H]2[C@@H]([C@H]1C(=O)NC(CC1CC1)C(=O)C(N)=O)C2(C)C)C(C)(C)C)C(=O)OC1Cc2ccccc2C1. The number of nitrogens with two attached hydrogens (primary N) is 2. The van der Waals surface area contributed by atoms with Gasteiger partial charge in [-0.25, -0.2) is 28.8 Å². The molecule has 36 heteroatoms. The summed E-state index contributed by atoms with van der Waals surface area (Å²) in [7, 11) is 0. The molecule has 11 aliphatic rings. The van der Waals surface area contributed by atoms with Crippen LogP contribution in [0.5, 0.6) is 0 Å². The van der Waals surface area contributed by atoms with E-state index in [4.69, 9.17) is 25.7 Å². The first kappa shape index (κ1) is 113. The van der Waals surface area contributed by atoms with Crippen molar-refractivity contribution in [3.8, 4) is 0 Å². The van der Waals surface area contributed by atoms with E-state index in [0.29, 0.717) is 70.5 Å². The second-order valence-electron chi connectivity index (χ2n) is 49.8. The van der Waals surface area contributed by atoms with Crippen molar-refractivity contribution in [2.75, 3.05) is 26.2 Å². The third kappa shape index (κ3) is 26.7. The van der Waals surface area contributed by atoms with Crippen LogP contribution in [0, 0.1) is 102 Å². The van der Waals surface area contributed by atoms with Gasteiger partial charge in [-0.2, -0.15) is 0 Å². The Morgan fingerprint density at radius 2 is 0.722 bits per heavy atom. The zero-order valence-corrected chi connectivity index (χ0v) is 89.1. The number of fused-ring (bicyclic) bond motifs is 5. The lowest BCUT2D eigenvalue weighted by Gasteiger charge is -2.38. The molecule has 0 aromatic heterocycles. The van der Waals surface area contributed by atoms with E-state index in [0.717, 1.165) is 60.8 Å². The molecule has 144 heavy (non-hydrogen) atoms. The summed E-state index contributed by atoms with van der Waals surface area (Å²) in [6.45, 7) is 51.5. The molecule has 3 saturated heterocycles. The molecule has 8 aliphatic carbocycles. The standard InChI is InChI=1S/C37H53N5O7.C36H51N5O7.C35H57N5O7/c1-35(2,3)28(40-34(48)41-29(36(4,5)6)33(47)49-22-16-20-11-9-10-12-21(20)17-22)32(46)42-18-23-25(37(23,7)8)26(42)31(45)39-24(15-19-13-14-19)27(43)30(38)44;1-18(2)26(33(46)48-22-15-20-10-8-9-11-21(20)16-22)39-34(47)40-29(35(3,4)5)32(45)41-17-23-25(36(23,6)7)27(41)31(44)38-24(14-19-12-13-19)28(42)30(37)43;1-12-14-22(25(41)29(43)36-17-13-2)37-28(42)24-23-21(35(23,10)11)18-40(24)30(44)26(33(4,5)6)38-32(46)39-27(34(7,8)9)31(45)47-19(3)20-15-16-20/h9-12,19,22-26,28-29H,13-18H2,1-8H3,(H2,38,44)(H,39,45)(H2,40,41,48);8-11,18-19,22-27,29H,12-17H2,1-7H3,(H2,37,43)(H,38,44)(H2,39,40,47);13,19-24,26-27H,2,12,14-18H2,1,3-11H3,(H,36,43)(H,37,42)(H2,38,39,46)/t23-,24?,25-,26-,28-,29-;23-,24?,25-,26-,27-,29+;19?,21-,22?,23-,24-,26+,27+/m000/s1. The first-order chi connectivity index (χ1) is 66.7. The number of primary amides is 2. The van der Waals surface area contributed by atoms with Crippen LogP contribution in [-0.2, 0) is 112 Å². The number of carbonyl (C=O) groups excluding carboxylic acids is 18. The second-order valence-corrected chi connectivity index (χ2v) is 49.8. The second kappa shape index (κ2) is 43.7. The highest BCUT2D eigenvalue weighted by Gasteiger charge is 2.73. The summed E-state index contributed by atoms with van der Waals surface area (Å²) in [5.74, 6) is -9.70. The first-order valence-electron chi connectivity index (χ1n) is 51.6. The number of hydrogen-bond donors (Lipinski definition) is 12. The molecule has 0 bridgehead atoms. The van der Waals surface area contributed by atoms with Crippen molar-refractivity contribution in [2.24, 2.45) is 114 Å². The molecule has 2 aromatic carbocycles. The van der Waals surface area contributed by atoms with Crippen LogP contribution < -0.4 is 64.6 Å². The van der Waals surface area contributed by atoms with Gasteiger partial charge in [-0.15, -0.1) is 6.58 Å². The summed E-state index contributed by atoms with van der Waals surface area (Å²) in [4.78, 5) is 244. The van der Waals surface area contributed by atoms with Gasteiger partial charge in [-0.3, -0.25) is 57.5 Å². The third-order valence-electron chi connectivity index (χ3n) is 31.7. The van der Waals surface area contributed by atoms with Gasteiger partial charge in [-0.1, -0.05) is 253 Å². The van der Waals surface area contributed by atoms with Crippen LogP contribution >= 0.6 is 0 Å². The number of ether oxygens (including phenoxy) is 3. The van der Waals surface area contributed by atoms with E-state index in [2.05, 4.69) is 59.7 Å². The number of carbonyl (C=O) groups is 18. The van der Waals surface area contributed by atoms with Crippen LogP contribution in [0.25, 0.3) is 0 Å². The maximum atomic E-state index is 14.4. The lowest BCUT2D eigenvalue weighted by molar-refractivity contribution is -0.155. The van der Waals surface area contributed by atoms with E-state index < -0.39 is 206 Å². The average molecular weight is 2010 g/mol. The molecular formula is C108H161N15O21. The number of Topliss-reactive ketones (excluding diaryl/α,β-unsaturated/α-hetero) is 3. The van der Waals surface area contributed by atoms with Crippen molar-refractivity contribution in [3.05, 3.63) is 83.4 Å². The van der Waals surface area contributed by atoms with E-state index in [9.17, 15) is 86.3 Å². The molecule has 0 radical (unpaired) electrons. The highest BCUT2D eigenvalue weighted by Crippen LogP contribution is 2.67.